The normalized spacial score (nSPS) is 20.4. The van der Waals surface area contributed by atoms with Gasteiger partial charge < -0.3 is 24.3 Å². The molecule has 6 heteroatoms. The van der Waals surface area contributed by atoms with Gasteiger partial charge in [0.2, 0.25) is 5.91 Å². The fourth-order valence-corrected chi connectivity index (χ4v) is 4.20. The molecule has 3 aromatic rings. The molecule has 3 aromatic carbocycles. The molecule has 184 valence electrons. The summed E-state index contributed by atoms with van der Waals surface area (Å²) >= 11 is 0. The van der Waals surface area contributed by atoms with Gasteiger partial charge in [-0.2, -0.15) is 0 Å². The topological polar surface area (TPSA) is 66.0 Å². The van der Waals surface area contributed by atoms with Gasteiger partial charge in [-0.3, -0.25) is 4.79 Å². The van der Waals surface area contributed by atoms with E-state index in [-0.39, 0.29) is 24.2 Å². The highest BCUT2D eigenvalue weighted by atomic mass is 16.6. The summed E-state index contributed by atoms with van der Waals surface area (Å²) in [6.45, 7) is 3.52. The number of ether oxygens (including phenoxy) is 4. The lowest BCUT2D eigenvalue weighted by molar-refractivity contribution is -0.123. The average molecular weight is 476 g/mol. The first-order valence-corrected chi connectivity index (χ1v) is 12.0. The molecule has 0 radical (unpaired) electrons. The van der Waals surface area contributed by atoms with E-state index in [0.29, 0.717) is 33.0 Å². The molecule has 1 amide bonds. The lowest BCUT2D eigenvalue weighted by Gasteiger charge is -2.30. The largest absolute Gasteiger partial charge is 0.375 e. The number of hydrogen-bond acceptors (Lipinski definition) is 5. The first-order chi connectivity index (χ1) is 17.2. The molecule has 6 nitrogen and oxygen atoms in total. The number of carbonyl (C=O) groups is 1. The Morgan fingerprint density at radius 1 is 0.829 bits per heavy atom. The van der Waals surface area contributed by atoms with Crippen LogP contribution in [0.15, 0.2) is 91.0 Å². The minimum absolute atomic E-state index is 0.141. The van der Waals surface area contributed by atoms with Gasteiger partial charge in [0.05, 0.1) is 39.1 Å². The molecule has 1 N–H and O–H groups in total. The van der Waals surface area contributed by atoms with Crippen molar-refractivity contribution in [3.63, 3.8) is 0 Å². The molecule has 0 aliphatic carbocycles. The van der Waals surface area contributed by atoms with Gasteiger partial charge in [0.1, 0.15) is 18.3 Å². The summed E-state index contributed by atoms with van der Waals surface area (Å²) < 4.78 is 24.8. The highest BCUT2D eigenvalue weighted by molar-refractivity contribution is 5.73. The number of hydrogen-bond donors (Lipinski definition) is 1. The SMILES string of the molecule is CC(=O)N[C@@H](COCc1ccccc1)[C@@H]1OC[C@@H](OCc2ccccc2)[C@@H]1OCc1ccccc1. The van der Waals surface area contributed by atoms with Crippen molar-refractivity contribution in [3.8, 4) is 0 Å². The summed E-state index contributed by atoms with van der Waals surface area (Å²) in [6, 6.07) is 29.6. The lowest BCUT2D eigenvalue weighted by Crippen LogP contribution is -2.51. The van der Waals surface area contributed by atoms with Gasteiger partial charge in [-0.05, 0) is 16.7 Å². The van der Waals surface area contributed by atoms with Crippen LogP contribution in [0, 0.1) is 0 Å². The second-order valence-electron chi connectivity index (χ2n) is 8.70. The van der Waals surface area contributed by atoms with Gasteiger partial charge in [-0.15, -0.1) is 0 Å². The van der Waals surface area contributed by atoms with Gasteiger partial charge in [-0.1, -0.05) is 91.0 Å². The van der Waals surface area contributed by atoms with Crippen LogP contribution >= 0.6 is 0 Å². The van der Waals surface area contributed by atoms with E-state index in [4.69, 9.17) is 18.9 Å². The number of carbonyl (C=O) groups excluding carboxylic acids is 1. The monoisotopic (exact) mass is 475 g/mol. The Morgan fingerprint density at radius 3 is 1.89 bits per heavy atom. The molecule has 1 heterocycles. The minimum atomic E-state index is -0.404. The first kappa shape index (κ1) is 25.1. The molecule has 0 aromatic heterocycles. The molecule has 1 saturated heterocycles. The van der Waals surface area contributed by atoms with Gasteiger partial charge >= 0.3 is 0 Å². The standard InChI is InChI=1S/C29H33NO5/c1-22(31)30-26(20-32-17-23-11-5-2-6-12-23)28-29(34-19-25-15-9-4-10-16-25)27(21-35-28)33-18-24-13-7-3-8-14-24/h2-16,26-29H,17-21H2,1H3,(H,30,31)/t26-,27+,28-,29-/m0/s1. The average Bonchev–Trinajstić information content (AvgIpc) is 3.30. The molecule has 0 saturated carbocycles. The minimum Gasteiger partial charge on any atom is -0.375 e. The molecule has 1 aliphatic heterocycles. The Hall–Kier alpha value is -3.03. The molecule has 0 bridgehead atoms. The van der Waals surface area contributed by atoms with Crippen molar-refractivity contribution in [2.75, 3.05) is 13.2 Å². The third-order valence-electron chi connectivity index (χ3n) is 5.93. The molecule has 0 spiro atoms. The van der Waals surface area contributed by atoms with Crippen LogP contribution in [0.5, 0.6) is 0 Å². The van der Waals surface area contributed by atoms with Crippen molar-refractivity contribution in [1.82, 2.24) is 5.32 Å². The molecule has 1 fully saturated rings. The first-order valence-electron chi connectivity index (χ1n) is 12.0. The van der Waals surface area contributed by atoms with Gasteiger partial charge in [0, 0.05) is 6.92 Å². The summed E-state index contributed by atoms with van der Waals surface area (Å²) in [5.41, 5.74) is 3.22. The van der Waals surface area contributed by atoms with Crippen molar-refractivity contribution in [2.45, 2.75) is 51.1 Å². The Balaban J connectivity index is 1.44. The maximum absolute atomic E-state index is 12.0. The lowest BCUT2D eigenvalue weighted by atomic mass is 10.0. The van der Waals surface area contributed by atoms with Crippen LogP contribution in [0.1, 0.15) is 23.6 Å². The summed E-state index contributed by atoms with van der Waals surface area (Å²) in [6.07, 6.45) is -1.04. The van der Waals surface area contributed by atoms with Crippen molar-refractivity contribution in [1.29, 1.82) is 0 Å². The number of nitrogens with one attached hydrogen (secondary N) is 1. The van der Waals surface area contributed by atoms with Crippen LogP contribution in [-0.4, -0.2) is 43.5 Å². The van der Waals surface area contributed by atoms with Crippen molar-refractivity contribution in [3.05, 3.63) is 108 Å². The highest BCUT2D eigenvalue weighted by Gasteiger charge is 2.44. The predicted octanol–water partition coefficient (Wildman–Crippen LogP) is 4.28. The molecule has 4 atom stereocenters. The van der Waals surface area contributed by atoms with Crippen LogP contribution in [0.4, 0.5) is 0 Å². The summed E-state index contributed by atoms with van der Waals surface area (Å²) in [4.78, 5) is 12.0. The fraction of sp³-hybridized carbons (Fsp3) is 0.345. The third kappa shape index (κ3) is 7.73. The van der Waals surface area contributed by atoms with Crippen LogP contribution in [0.3, 0.4) is 0 Å². The summed E-state index contributed by atoms with van der Waals surface area (Å²) in [7, 11) is 0. The molecule has 4 rings (SSSR count). The van der Waals surface area contributed by atoms with Gasteiger partial charge in [-0.25, -0.2) is 0 Å². The quantitative estimate of drug-likeness (QED) is 0.424. The Kier molecular flexibility index (Phi) is 9.43. The number of benzene rings is 3. The van der Waals surface area contributed by atoms with E-state index in [9.17, 15) is 4.79 Å². The Morgan fingerprint density at radius 2 is 1.34 bits per heavy atom. The van der Waals surface area contributed by atoms with Crippen LogP contribution in [-0.2, 0) is 43.6 Å². The van der Waals surface area contributed by atoms with Crippen LogP contribution in [0.25, 0.3) is 0 Å². The second kappa shape index (κ2) is 13.2. The molecule has 35 heavy (non-hydrogen) atoms. The summed E-state index contributed by atoms with van der Waals surface area (Å²) in [5.74, 6) is -0.141. The maximum Gasteiger partial charge on any atom is 0.217 e. The zero-order valence-electron chi connectivity index (χ0n) is 20.0. The van der Waals surface area contributed by atoms with E-state index in [1.165, 1.54) is 6.92 Å². The maximum atomic E-state index is 12.0. The third-order valence-corrected chi connectivity index (χ3v) is 5.93. The molecular formula is C29H33NO5. The zero-order valence-corrected chi connectivity index (χ0v) is 20.0. The fourth-order valence-electron chi connectivity index (χ4n) is 4.20. The van der Waals surface area contributed by atoms with Crippen LogP contribution in [0.2, 0.25) is 0 Å². The van der Waals surface area contributed by atoms with Crippen molar-refractivity contribution in [2.24, 2.45) is 0 Å². The summed E-state index contributed by atoms with van der Waals surface area (Å²) in [5, 5.41) is 3.01. The zero-order chi connectivity index (χ0) is 24.3. The Labute approximate surface area is 207 Å². The molecule has 1 aliphatic rings. The highest BCUT2D eigenvalue weighted by Crippen LogP contribution is 2.26. The van der Waals surface area contributed by atoms with Crippen LogP contribution < -0.4 is 5.32 Å². The smallest absolute Gasteiger partial charge is 0.217 e. The van der Waals surface area contributed by atoms with E-state index in [0.717, 1.165) is 16.7 Å². The van der Waals surface area contributed by atoms with E-state index >= 15 is 0 Å². The predicted molar refractivity (Wildman–Crippen MR) is 133 cm³/mol. The van der Waals surface area contributed by atoms with E-state index in [1.807, 2.05) is 91.0 Å². The van der Waals surface area contributed by atoms with Crippen molar-refractivity contribution < 1.29 is 23.7 Å². The van der Waals surface area contributed by atoms with E-state index in [1.54, 1.807) is 0 Å². The Bertz CT molecular complexity index is 1020. The number of amides is 1. The number of rotatable bonds is 12. The molecule has 0 unspecified atom stereocenters. The van der Waals surface area contributed by atoms with Crippen molar-refractivity contribution >= 4 is 5.91 Å². The second-order valence-corrected chi connectivity index (χ2v) is 8.70. The van der Waals surface area contributed by atoms with E-state index < -0.39 is 6.10 Å². The van der Waals surface area contributed by atoms with Gasteiger partial charge in [0.25, 0.3) is 0 Å². The molecular weight excluding hydrogens is 442 g/mol. The van der Waals surface area contributed by atoms with Gasteiger partial charge in [0.15, 0.2) is 0 Å². The van der Waals surface area contributed by atoms with E-state index in [2.05, 4.69) is 5.32 Å².